The zero-order valence-electron chi connectivity index (χ0n) is 22.3. The highest BCUT2D eigenvalue weighted by atomic mass is 16.5. The largest absolute Gasteiger partial charge is 0.508 e. The molecular weight excluding hydrogens is 460 g/mol. The quantitative estimate of drug-likeness (QED) is 0.250. The molecule has 190 valence electrons. The van der Waals surface area contributed by atoms with Crippen molar-refractivity contribution in [2.24, 2.45) is 0 Å². The van der Waals surface area contributed by atoms with Crippen LogP contribution in [0.15, 0.2) is 60.7 Å². The van der Waals surface area contributed by atoms with Crippen LogP contribution in [0.2, 0.25) is 0 Å². The number of rotatable bonds is 6. The van der Waals surface area contributed by atoms with Crippen molar-refractivity contribution >= 4 is 0 Å². The van der Waals surface area contributed by atoms with Crippen molar-refractivity contribution in [1.82, 2.24) is 0 Å². The van der Waals surface area contributed by atoms with Gasteiger partial charge in [0.25, 0.3) is 0 Å². The monoisotopic (exact) mass is 494 g/mol. The van der Waals surface area contributed by atoms with Crippen LogP contribution in [0.4, 0.5) is 0 Å². The molecule has 0 unspecified atom stereocenters. The molecule has 0 aliphatic heterocycles. The van der Waals surface area contributed by atoms with E-state index in [1.165, 1.54) is 22.3 Å². The van der Waals surface area contributed by atoms with E-state index in [9.17, 15) is 10.2 Å². The highest BCUT2D eigenvalue weighted by molar-refractivity contribution is 5.97. The molecule has 4 aromatic rings. The minimum absolute atomic E-state index is 0.0582. The van der Waals surface area contributed by atoms with Gasteiger partial charge in [0.15, 0.2) is 0 Å². The lowest BCUT2D eigenvalue weighted by Crippen LogP contribution is -2.09. The Bertz CT molecular complexity index is 1500. The number of benzene rings is 4. The number of phenolic OH excluding ortho intramolecular Hbond substituents is 2. The van der Waals surface area contributed by atoms with Crippen LogP contribution in [0.25, 0.3) is 33.4 Å². The summed E-state index contributed by atoms with van der Waals surface area (Å²) in [5, 5.41) is 21.1. The van der Waals surface area contributed by atoms with Gasteiger partial charge in [0.2, 0.25) is 0 Å². The first-order chi connectivity index (χ1) is 17.7. The van der Waals surface area contributed by atoms with Gasteiger partial charge in [-0.3, -0.25) is 0 Å². The molecule has 0 spiro atoms. The summed E-state index contributed by atoms with van der Waals surface area (Å²) in [4.78, 5) is 0. The smallest absolute Gasteiger partial charge is 0.134 e. The van der Waals surface area contributed by atoms with Crippen molar-refractivity contribution in [1.29, 1.82) is 0 Å². The van der Waals surface area contributed by atoms with E-state index in [0.29, 0.717) is 22.6 Å². The van der Waals surface area contributed by atoms with E-state index in [-0.39, 0.29) is 23.7 Å². The molecule has 2 N–H and O–H groups in total. The molecule has 0 atom stereocenters. The third kappa shape index (κ3) is 4.31. The molecule has 4 aromatic carbocycles. The van der Waals surface area contributed by atoms with Gasteiger partial charge in [0.05, 0.1) is 12.2 Å². The summed E-state index contributed by atoms with van der Waals surface area (Å²) in [6.45, 7) is 11.8. The van der Waals surface area contributed by atoms with Crippen molar-refractivity contribution in [3.63, 3.8) is 0 Å². The molecule has 4 nitrogen and oxygen atoms in total. The zero-order chi connectivity index (χ0) is 26.4. The van der Waals surface area contributed by atoms with Gasteiger partial charge in [-0.2, -0.15) is 0 Å². The van der Waals surface area contributed by atoms with E-state index in [1.54, 1.807) is 12.1 Å². The molecule has 4 heteroatoms. The lowest BCUT2D eigenvalue weighted by molar-refractivity contribution is 0.240. The van der Waals surface area contributed by atoms with Crippen LogP contribution in [0, 0.1) is 13.8 Å². The molecule has 0 bridgehead atoms. The highest BCUT2D eigenvalue weighted by Gasteiger charge is 2.28. The summed E-state index contributed by atoms with van der Waals surface area (Å²) in [7, 11) is 0. The normalized spacial score (nSPS) is 12.1. The van der Waals surface area contributed by atoms with Crippen molar-refractivity contribution in [2.75, 3.05) is 0 Å². The number of aromatic hydroxyl groups is 2. The van der Waals surface area contributed by atoms with Crippen LogP contribution in [-0.4, -0.2) is 22.4 Å². The molecule has 1 aliphatic rings. The number of ether oxygens (including phenoxy) is 2. The SMILES string of the molecule is Cc1c(O)ccc(-c2ccc3c(c2-c2ccc(O)c(C)c2OC(C)C)Cc2ccccc2-3)c1OC(C)C. The third-order valence-electron chi connectivity index (χ3n) is 7.01. The van der Waals surface area contributed by atoms with E-state index in [0.717, 1.165) is 28.7 Å². The van der Waals surface area contributed by atoms with E-state index < -0.39 is 0 Å². The Hall–Kier alpha value is -3.92. The van der Waals surface area contributed by atoms with Crippen LogP contribution < -0.4 is 9.47 Å². The Morgan fingerprint density at radius 1 is 0.595 bits per heavy atom. The van der Waals surface area contributed by atoms with Crippen molar-refractivity contribution in [2.45, 2.75) is 60.2 Å². The fourth-order valence-electron chi connectivity index (χ4n) is 5.29. The molecule has 0 heterocycles. The number of hydrogen-bond acceptors (Lipinski definition) is 4. The Kier molecular flexibility index (Phi) is 6.36. The van der Waals surface area contributed by atoms with Crippen LogP contribution >= 0.6 is 0 Å². The summed E-state index contributed by atoms with van der Waals surface area (Å²) in [5.74, 6) is 1.77. The number of fused-ring (bicyclic) bond motifs is 3. The average molecular weight is 495 g/mol. The van der Waals surface area contributed by atoms with Crippen LogP contribution in [0.3, 0.4) is 0 Å². The van der Waals surface area contributed by atoms with Gasteiger partial charge in [-0.1, -0.05) is 36.4 Å². The summed E-state index contributed by atoms with van der Waals surface area (Å²) in [6, 6.07) is 20.2. The predicted molar refractivity (Wildman–Crippen MR) is 150 cm³/mol. The van der Waals surface area contributed by atoms with Gasteiger partial charge in [0.1, 0.15) is 23.0 Å². The predicted octanol–water partition coefficient (Wildman–Crippen LogP) is 8.19. The average Bonchev–Trinajstić information content (AvgIpc) is 3.23. The first kappa shape index (κ1) is 24.8. The molecule has 0 radical (unpaired) electrons. The highest BCUT2D eigenvalue weighted by Crippen LogP contribution is 2.51. The molecule has 0 fully saturated rings. The fourth-order valence-corrected chi connectivity index (χ4v) is 5.29. The Balaban J connectivity index is 1.87. The van der Waals surface area contributed by atoms with E-state index in [4.69, 9.17) is 9.47 Å². The van der Waals surface area contributed by atoms with Gasteiger partial charge in [-0.05, 0) is 106 Å². The van der Waals surface area contributed by atoms with Crippen LogP contribution in [-0.2, 0) is 6.42 Å². The Morgan fingerprint density at radius 2 is 1.11 bits per heavy atom. The van der Waals surface area contributed by atoms with Gasteiger partial charge in [-0.15, -0.1) is 0 Å². The topological polar surface area (TPSA) is 58.9 Å². The maximum Gasteiger partial charge on any atom is 0.134 e. The van der Waals surface area contributed by atoms with Crippen LogP contribution in [0.1, 0.15) is 49.9 Å². The summed E-state index contributed by atoms with van der Waals surface area (Å²) >= 11 is 0. The van der Waals surface area contributed by atoms with E-state index in [1.807, 2.05) is 53.7 Å². The van der Waals surface area contributed by atoms with Crippen LogP contribution in [0.5, 0.6) is 23.0 Å². The van der Waals surface area contributed by atoms with E-state index >= 15 is 0 Å². The molecular formula is C33H34O4. The minimum atomic E-state index is -0.0626. The zero-order valence-corrected chi connectivity index (χ0v) is 22.3. The molecule has 0 saturated carbocycles. The summed E-state index contributed by atoms with van der Waals surface area (Å²) < 4.78 is 12.6. The third-order valence-corrected chi connectivity index (χ3v) is 7.01. The second kappa shape index (κ2) is 9.51. The van der Waals surface area contributed by atoms with Gasteiger partial charge >= 0.3 is 0 Å². The van der Waals surface area contributed by atoms with Gasteiger partial charge in [-0.25, -0.2) is 0 Å². The Morgan fingerprint density at radius 3 is 1.73 bits per heavy atom. The van der Waals surface area contributed by atoms with Crippen molar-refractivity contribution < 1.29 is 19.7 Å². The standard InChI is InChI=1S/C33H34O4/c1-18(2)36-32-20(5)29(34)15-13-26(32)25-12-11-24-23-10-8-7-9-22(23)17-28(24)31(25)27-14-16-30(35)21(6)33(27)37-19(3)4/h7-16,18-19,34-35H,17H2,1-6H3. The second-order valence-corrected chi connectivity index (χ2v) is 10.4. The summed E-state index contributed by atoms with van der Waals surface area (Å²) in [5.41, 5.74) is 10.3. The van der Waals surface area contributed by atoms with Crippen molar-refractivity contribution in [3.8, 4) is 56.4 Å². The molecule has 1 aliphatic carbocycles. The number of hydrogen-bond donors (Lipinski definition) is 2. The molecule has 0 amide bonds. The maximum atomic E-state index is 10.6. The maximum absolute atomic E-state index is 10.6. The first-order valence-electron chi connectivity index (χ1n) is 12.9. The fraction of sp³-hybridized carbons (Fsp3) is 0.273. The van der Waals surface area contributed by atoms with E-state index in [2.05, 4.69) is 36.4 Å². The Labute approximate surface area is 219 Å². The lowest BCUT2D eigenvalue weighted by atomic mass is 9.86. The lowest BCUT2D eigenvalue weighted by Gasteiger charge is -2.24. The molecule has 0 aromatic heterocycles. The molecule has 0 saturated heterocycles. The minimum Gasteiger partial charge on any atom is -0.508 e. The molecule has 5 rings (SSSR count). The summed E-state index contributed by atoms with van der Waals surface area (Å²) in [6.07, 6.45) is 0.678. The first-order valence-corrected chi connectivity index (χ1v) is 12.9. The number of phenols is 2. The second-order valence-electron chi connectivity index (χ2n) is 10.4. The molecule has 37 heavy (non-hydrogen) atoms. The van der Waals surface area contributed by atoms with Crippen molar-refractivity contribution in [3.05, 3.63) is 82.9 Å². The van der Waals surface area contributed by atoms with Gasteiger partial charge in [0, 0.05) is 22.3 Å². The van der Waals surface area contributed by atoms with Gasteiger partial charge < -0.3 is 19.7 Å².